The summed E-state index contributed by atoms with van der Waals surface area (Å²) in [7, 11) is 4.57. The second kappa shape index (κ2) is 11.1. The fourth-order valence-corrected chi connectivity index (χ4v) is 4.02. The first-order chi connectivity index (χ1) is 16.3. The van der Waals surface area contributed by atoms with E-state index in [-0.39, 0.29) is 24.0 Å². The molecule has 3 rings (SSSR count). The lowest BCUT2D eigenvalue weighted by atomic mass is 9.94. The molecular weight excluding hydrogens is 438 g/mol. The summed E-state index contributed by atoms with van der Waals surface area (Å²) in [6, 6.07) is 11.2. The topological polar surface area (TPSA) is 94.5 Å². The molecule has 2 aromatic rings. The van der Waals surface area contributed by atoms with Gasteiger partial charge in [-0.25, -0.2) is 0 Å². The van der Waals surface area contributed by atoms with Crippen LogP contribution in [0.25, 0.3) is 5.76 Å². The van der Waals surface area contributed by atoms with Gasteiger partial charge in [0.2, 0.25) is 0 Å². The Balaban J connectivity index is 2.20. The number of hydrogen-bond acceptors (Lipinski definition) is 7. The van der Waals surface area contributed by atoms with E-state index in [2.05, 4.69) is 0 Å². The highest BCUT2D eigenvalue weighted by Crippen LogP contribution is 2.43. The Bertz CT molecular complexity index is 1080. The molecular formula is C26H31NO7. The third kappa shape index (κ3) is 5.02. The van der Waals surface area contributed by atoms with Gasteiger partial charge in [0.25, 0.3) is 11.7 Å². The van der Waals surface area contributed by atoms with E-state index in [1.165, 1.54) is 19.1 Å². The largest absolute Gasteiger partial charge is 0.507 e. The number of ether oxygens (including phenoxy) is 4. The molecule has 0 spiro atoms. The molecule has 0 radical (unpaired) electrons. The second-order valence-corrected chi connectivity index (χ2v) is 8.11. The van der Waals surface area contributed by atoms with Crippen molar-refractivity contribution >= 4 is 17.4 Å². The smallest absolute Gasteiger partial charge is 0.295 e. The molecule has 0 aromatic heterocycles. The number of carbonyl (C=O) groups excluding carboxylic acids is 2. The average Bonchev–Trinajstić information content (AvgIpc) is 3.08. The zero-order valence-corrected chi connectivity index (χ0v) is 20.2. The third-order valence-electron chi connectivity index (χ3n) is 5.52. The first kappa shape index (κ1) is 25.1. The number of methoxy groups -OCH3 is 3. The maximum atomic E-state index is 13.2. The summed E-state index contributed by atoms with van der Waals surface area (Å²) in [5.74, 6) is -0.318. The molecule has 1 unspecified atom stereocenters. The molecule has 1 N–H and O–H groups in total. The van der Waals surface area contributed by atoms with Gasteiger partial charge in [-0.05, 0) is 44.5 Å². The molecule has 1 heterocycles. The van der Waals surface area contributed by atoms with E-state index in [4.69, 9.17) is 18.9 Å². The highest BCUT2D eigenvalue weighted by atomic mass is 16.5. The average molecular weight is 470 g/mol. The van der Waals surface area contributed by atoms with Crippen molar-refractivity contribution in [3.8, 4) is 17.2 Å². The van der Waals surface area contributed by atoms with Crippen LogP contribution in [-0.4, -0.2) is 62.3 Å². The van der Waals surface area contributed by atoms with Crippen LogP contribution >= 0.6 is 0 Å². The van der Waals surface area contributed by atoms with E-state index in [1.807, 2.05) is 26.0 Å². The predicted octanol–water partition coefficient (Wildman–Crippen LogP) is 3.95. The number of aliphatic hydroxyl groups is 1. The number of amides is 1. The lowest BCUT2D eigenvalue weighted by Gasteiger charge is -2.27. The van der Waals surface area contributed by atoms with Gasteiger partial charge in [-0.3, -0.25) is 9.59 Å². The predicted molar refractivity (Wildman–Crippen MR) is 127 cm³/mol. The van der Waals surface area contributed by atoms with Gasteiger partial charge in [0.05, 0.1) is 31.9 Å². The van der Waals surface area contributed by atoms with Crippen LogP contribution in [0.5, 0.6) is 17.2 Å². The van der Waals surface area contributed by atoms with Crippen molar-refractivity contribution in [2.75, 3.05) is 34.5 Å². The summed E-state index contributed by atoms with van der Waals surface area (Å²) >= 11 is 0. The molecule has 1 fully saturated rings. The number of nitrogens with zero attached hydrogens (tertiary/aromatic N) is 1. The molecule has 34 heavy (non-hydrogen) atoms. The summed E-state index contributed by atoms with van der Waals surface area (Å²) in [4.78, 5) is 27.8. The van der Waals surface area contributed by atoms with Crippen LogP contribution in [-0.2, 0) is 14.3 Å². The SMILES string of the molecule is COCCCN1C(=O)C(=O)/C(=C(\O)c2ccc(OC)c(OC)c2)C1c1ccccc1OC(C)C. The van der Waals surface area contributed by atoms with Crippen molar-refractivity contribution in [3.63, 3.8) is 0 Å². The number of benzene rings is 2. The van der Waals surface area contributed by atoms with Crippen molar-refractivity contribution in [1.29, 1.82) is 0 Å². The zero-order valence-electron chi connectivity index (χ0n) is 20.2. The van der Waals surface area contributed by atoms with Crippen molar-refractivity contribution in [2.24, 2.45) is 0 Å². The molecule has 2 aromatic carbocycles. The highest BCUT2D eigenvalue weighted by molar-refractivity contribution is 6.46. The van der Waals surface area contributed by atoms with E-state index >= 15 is 0 Å². The zero-order chi connectivity index (χ0) is 24.8. The number of aliphatic hydroxyl groups excluding tert-OH is 1. The van der Waals surface area contributed by atoms with E-state index in [0.29, 0.717) is 41.4 Å². The van der Waals surface area contributed by atoms with Crippen LogP contribution in [0.3, 0.4) is 0 Å². The number of hydrogen-bond donors (Lipinski definition) is 1. The molecule has 8 nitrogen and oxygen atoms in total. The molecule has 1 saturated heterocycles. The van der Waals surface area contributed by atoms with Crippen molar-refractivity contribution < 1.29 is 33.6 Å². The Morgan fingerprint density at radius 1 is 1.00 bits per heavy atom. The number of para-hydroxylation sites is 1. The number of carbonyl (C=O) groups is 2. The first-order valence-corrected chi connectivity index (χ1v) is 11.1. The lowest BCUT2D eigenvalue weighted by molar-refractivity contribution is -0.140. The summed E-state index contributed by atoms with van der Waals surface area (Å²) in [5, 5.41) is 11.3. The third-order valence-corrected chi connectivity index (χ3v) is 5.52. The van der Waals surface area contributed by atoms with Gasteiger partial charge in [0, 0.05) is 31.4 Å². The van der Waals surface area contributed by atoms with Crippen molar-refractivity contribution in [3.05, 3.63) is 59.2 Å². The summed E-state index contributed by atoms with van der Waals surface area (Å²) in [5.41, 5.74) is 0.948. The quantitative estimate of drug-likeness (QED) is 0.244. The van der Waals surface area contributed by atoms with Gasteiger partial charge in [-0.1, -0.05) is 18.2 Å². The summed E-state index contributed by atoms with van der Waals surface area (Å²) in [6.45, 7) is 4.50. The van der Waals surface area contributed by atoms with E-state index < -0.39 is 17.7 Å². The minimum Gasteiger partial charge on any atom is -0.507 e. The van der Waals surface area contributed by atoms with Crippen molar-refractivity contribution in [2.45, 2.75) is 32.4 Å². The van der Waals surface area contributed by atoms with E-state index in [9.17, 15) is 14.7 Å². The van der Waals surface area contributed by atoms with E-state index in [0.717, 1.165) is 0 Å². The maximum absolute atomic E-state index is 13.2. The van der Waals surface area contributed by atoms with Gasteiger partial charge in [-0.15, -0.1) is 0 Å². The Morgan fingerprint density at radius 2 is 1.71 bits per heavy atom. The van der Waals surface area contributed by atoms with Gasteiger partial charge >= 0.3 is 0 Å². The molecule has 1 atom stereocenters. The standard InChI is InChI=1S/C26H31NO7/c1-16(2)34-19-10-7-6-9-18(19)23-22(25(29)26(30)27(23)13-8-14-31-3)24(28)17-11-12-20(32-4)21(15-17)33-5/h6-7,9-12,15-16,23,28H,8,13-14H2,1-5H3/b24-22-. The Morgan fingerprint density at radius 3 is 2.35 bits per heavy atom. The molecule has 1 amide bonds. The van der Waals surface area contributed by atoms with Crippen LogP contribution < -0.4 is 14.2 Å². The van der Waals surface area contributed by atoms with E-state index in [1.54, 1.807) is 37.4 Å². The van der Waals surface area contributed by atoms with Gasteiger partial charge in [0.15, 0.2) is 11.5 Å². The first-order valence-electron chi connectivity index (χ1n) is 11.1. The number of likely N-dealkylation sites (tertiary alicyclic amines) is 1. The van der Waals surface area contributed by atoms with Crippen LogP contribution in [0.1, 0.15) is 37.4 Å². The lowest BCUT2D eigenvalue weighted by Crippen LogP contribution is -2.31. The molecule has 0 aliphatic carbocycles. The molecule has 182 valence electrons. The molecule has 8 heteroatoms. The molecule has 1 aliphatic heterocycles. The second-order valence-electron chi connectivity index (χ2n) is 8.11. The van der Waals surface area contributed by atoms with Crippen molar-refractivity contribution in [1.82, 2.24) is 4.90 Å². The van der Waals surface area contributed by atoms with Crippen LogP contribution in [0.15, 0.2) is 48.0 Å². The maximum Gasteiger partial charge on any atom is 0.295 e. The Labute approximate surface area is 199 Å². The Hall–Kier alpha value is -3.52. The van der Waals surface area contributed by atoms with Gasteiger partial charge in [0.1, 0.15) is 11.5 Å². The van der Waals surface area contributed by atoms with Crippen LogP contribution in [0, 0.1) is 0 Å². The van der Waals surface area contributed by atoms with Gasteiger partial charge in [-0.2, -0.15) is 0 Å². The minimum absolute atomic E-state index is 0.00515. The molecule has 0 bridgehead atoms. The van der Waals surface area contributed by atoms with Crippen LogP contribution in [0.2, 0.25) is 0 Å². The normalized spacial score (nSPS) is 17.4. The Kier molecular flexibility index (Phi) is 8.17. The minimum atomic E-state index is -0.820. The summed E-state index contributed by atoms with van der Waals surface area (Å²) in [6.07, 6.45) is 0.409. The fourth-order valence-electron chi connectivity index (χ4n) is 4.02. The molecule has 1 aliphatic rings. The summed E-state index contributed by atoms with van der Waals surface area (Å²) < 4.78 is 21.7. The highest BCUT2D eigenvalue weighted by Gasteiger charge is 2.46. The monoisotopic (exact) mass is 469 g/mol. The number of ketones is 1. The number of Topliss-reactive ketones (excluding diaryl/α,β-unsaturated/α-hetero) is 1. The fraction of sp³-hybridized carbons (Fsp3) is 0.385. The van der Waals surface area contributed by atoms with Gasteiger partial charge < -0.3 is 29.0 Å². The molecule has 0 saturated carbocycles. The number of rotatable bonds is 10. The van der Waals surface area contributed by atoms with Crippen LogP contribution in [0.4, 0.5) is 0 Å².